The first-order chi connectivity index (χ1) is 8.52. The lowest BCUT2D eigenvalue weighted by molar-refractivity contribution is -0.125. The van der Waals surface area contributed by atoms with Gasteiger partial charge in [0.1, 0.15) is 6.61 Å². The lowest BCUT2D eigenvalue weighted by Gasteiger charge is -2.11. The number of carbonyl (C=O) groups excluding carboxylic acids is 1. The fourth-order valence-electron chi connectivity index (χ4n) is 1.05. The van der Waals surface area contributed by atoms with Crippen LogP contribution in [0.4, 0.5) is 0 Å². The quantitative estimate of drug-likeness (QED) is 0.615. The minimum absolute atomic E-state index is 0. The Labute approximate surface area is 115 Å². The van der Waals surface area contributed by atoms with Gasteiger partial charge in [0.15, 0.2) is 0 Å². The summed E-state index contributed by atoms with van der Waals surface area (Å²) >= 11 is 0. The number of likely N-dealkylation sites (N-methyl/N-ethyl adjacent to an activating group) is 1. The molecular weight excluding hydrogens is 230 g/mol. The Balaban J connectivity index is -0.000000304. The molecule has 0 aromatic carbocycles. The molecule has 5 heteroatoms. The van der Waals surface area contributed by atoms with Gasteiger partial charge in [-0.1, -0.05) is 27.7 Å². The van der Waals surface area contributed by atoms with E-state index < -0.39 is 0 Å². The number of hydrogen-bond acceptors (Lipinski definition) is 4. The van der Waals surface area contributed by atoms with E-state index in [1.165, 1.54) is 0 Å². The molecular formula is C13H35N3O2. The molecule has 0 aliphatic rings. The van der Waals surface area contributed by atoms with Crippen LogP contribution in [0.15, 0.2) is 0 Å². The summed E-state index contributed by atoms with van der Waals surface area (Å²) in [6.45, 7) is 11.2. The summed E-state index contributed by atoms with van der Waals surface area (Å²) in [5, 5.41) is 6.00. The molecule has 0 saturated carbocycles. The minimum atomic E-state index is -0.0496. The highest BCUT2D eigenvalue weighted by atomic mass is 16.5. The molecule has 0 fully saturated rings. The van der Waals surface area contributed by atoms with E-state index in [0.717, 1.165) is 13.1 Å². The summed E-state index contributed by atoms with van der Waals surface area (Å²) in [6, 6.07) is 0.456. The number of nitrogens with zero attached hydrogens (tertiary/aromatic N) is 1. The molecule has 1 amide bonds. The number of ether oxygens (including phenoxy) is 1. The molecule has 18 heavy (non-hydrogen) atoms. The van der Waals surface area contributed by atoms with Gasteiger partial charge in [0, 0.05) is 28.5 Å². The first kappa shape index (κ1) is 19.7. The van der Waals surface area contributed by atoms with Crippen LogP contribution in [0.2, 0.25) is 0 Å². The van der Waals surface area contributed by atoms with Gasteiger partial charge in [0.05, 0.1) is 6.61 Å². The standard InChI is InChI=1S/C11H25N3O2.C2H6.2H2/c1-10(2)12-6-8-16-9-11(15)13-5-7-14(3)4;1-2;;/h10,12H,5-9H2,1-4H3,(H,13,15);1-2H3;2*1H. The Kier molecular flexibility index (Phi) is 15.8. The van der Waals surface area contributed by atoms with Crippen molar-refractivity contribution in [2.75, 3.05) is 46.9 Å². The summed E-state index contributed by atoms with van der Waals surface area (Å²) in [6.07, 6.45) is 0. The van der Waals surface area contributed by atoms with Gasteiger partial charge in [0.2, 0.25) is 5.91 Å². The fourth-order valence-corrected chi connectivity index (χ4v) is 1.05. The molecule has 0 unspecified atom stereocenters. The van der Waals surface area contributed by atoms with Gasteiger partial charge in [0.25, 0.3) is 0 Å². The van der Waals surface area contributed by atoms with E-state index in [1.54, 1.807) is 0 Å². The third-order valence-electron chi connectivity index (χ3n) is 1.91. The van der Waals surface area contributed by atoms with Crippen molar-refractivity contribution in [1.82, 2.24) is 15.5 Å². The van der Waals surface area contributed by atoms with Crippen LogP contribution in [0, 0.1) is 0 Å². The molecule has 114 valence electrons. The molecule has 0 spiro atoms. The summed E-state index contributed by atoms with van der Waals surface area (Å²) < 4.78 is 5.22. The van der Waals surface area contributed by atoms with Gasteiger partial charge < -0.3 is 20.3 Å². The molecule has 0 rings (SSSR count). The molecule has 5 nitrogen and oxygen atoms in total. The average molecular weight is 265 g/mol. The number of amides is 1. The largest absolute Gasteiger partial charge is 0.370 e. The maximum absolute atomic E-state index is 11.2. The van der Waals surface area contributed by atoms with Crippen LogP contribution < -0.4 is 10.6 Å². The third kappa shape index (κ3) is 17.7. The summed E-state index contributed by atoms with van der Waals surface area (Å²) in [5.41, 5.74) is 0. The van der Waals surface area contributed by atoms with Gasteiger partial charge in [-0.15, -0.1) is 0 Å². The highest BCUT2D eigenvalue weighted by Crippen LogP contribution is 1.79. The van der Waals surface area contributed by atoms with Crippen LogP contribution in [0.25, 0.3) is 0 Å². The van der Waals surface area contributed by atoms with Gasteiger partial charge >= 0.3 is 0 Å². The van der Waals surface area contributed by atoms with E-state index in [1.807, 2.05) is 32.8 Å². The number of hydrogen-bond donors (Lipinski definition) is 2. The predicted octanol–water partition coefficient (Wildman–Crippen LogP) is 1.20. The zero-order valence-corrected chi connectivity index (χ0v) is 12.9. The molecule has 0 atom stereocenters. The fraction of sp³-hybridized carbons (Fsp3) is 0.923. The van der Waals surface area contributed by atoms with E-state index in [4.69, 9.17) is 4.74 Å². The SMILES string of the molecule is CC.CC(C)NCCOCC(=O)NCCN(C)C.[HH].[HH]. The van der Waals surface area contributed by atoms with E-state index in [0.29, 0.717) is 19.2 Å². The first-order valence-corrected chi connectivity index (χ1v) is 6.75. The Morgan fingerprint density at radius 2 is 1.89 bits per heavy atom. The van der Waals surface area contributed by atoms with Crippen molar-refractivity contribution in [3.63, 3.8) is 0 Å². The molecule has 0 aliphatic heterocycles. The molecule has 0 aromatic rings. The molecule has 0 heterocycles. The topological polar surface area (TPSA) is 53.6 Å². The molecule has 0 aliphatic carbocycles. The lowest BCUT2D eigenvalue weighted by atomic mass is 10.4. The van der Waals surface area contributed by atoms with Crippen LogP contribution >= 0.6 is 0 Å². The highest BCUT2D eigenvalue weighted by molar-refractivity contribution is 5.77. The minimum Gasteiger partial charge on any atom is -0.370 e. The average Bonchev–Trinajstić information content (AvgIpc) is 2.30. The smallest absolute Gasteiger partial charge is 0.246 e. The second kappa shape index (κ2) is 14.4. The maximum Gasteiger partial charge on any atom is 0.246 e. The van der Waals surface area contributed by atoms with Crippen molar-refractivity contribution in [1.29, 1.82) is 0 Å². The van der Waals surface area contributed by atoms with Crippen molar-refractivity contribution < 1.29 is 12.4 Å². The van der Waals surface area contributed by atoms with Gasteiger partial charge in [-0.3, -0.25) is 4.79 Å². The summed E-state index contributed by atoms with van der Waals surface area (Å²) in [7, 11) is 3.94. The number of rotatable bonds is 9. The zero-order chi connectivity index (χ0) is 14.4. The number of nitrogens with one attached hydrogen (secondary N) is 2. The van der Waals surface area contributed by atoms with Crippen LogP contribution in [0.1, 0.15) is 30.5 Å². The van der Waals surface area contributed by atoms with E-state index >= 15 is 0 Å². The van der Waals surface area contributed by atoms with E-state index in [-0.39, 0.29) is 15.4 Å². The second-order valence-electron chi connectivity index (χ2n) is 4.31. The first-order valence-electron chi connectivity index (χ1n) is 6.75. The molecule has 0 aromatic heterocycles. The zero-order valence-electron chi connectivity index (χ0n) is 12.9. The lowest BCUT2D eigenvalue weighted by Crippen LogP contribution is -2.34. The monoisotopic (exact) mass is 265 g/mol. The predicted molar refractivity (Wildman–Crippen MR) is 81.1 cm³/mol. The van der Waals surface area contributed by atoms with E-state index in [2.05, 4.69) is 24.5 Å². The van der Waals surface area contributed by atoms with Crippen LogP contribution in [0.3, 0.4) is 0 Å². The molecule has 2 N–H and O–H groups in total. The highest BCUT2D eigenvalue weighted by Gasteiger charge is 2.00. The van der Waals surface area contributed by atoms with Gasteiger partial charge in [-0.2, -0.15) is 0 Å². The van der Waals surface area contributed by atoms with Gasteiger partial charge in [-0.05, 0) is 14.1 Å². The van der Waals surface area contributed by atoms with Crippen LogP contribution in [0.5, 0.6) is 0 Å². The van der Waals surface area contributed by atoms with Crippen molar-refractivity contribution in [2.45, 2.75) is 33.7 Å². The summed E-state index contributed by atoms with van der Waals surface area (Å²) in [5.74, 6) is -0.0496. The van der Waals surface area contributed by atoms with Crippen molar-refractivity contribution in [2.24, 2.45) is 0 Å². The Morgan fingerprint density at radius 3 is 2.39 bits per heavy atom. The van der Waals surface area contributed by atoms with Crippen molar-refractivity contribution >= 4 is 5.91 Å². The molecule has 0 radical (unpaired) electrons. The Morgan fingerprint density at radius 1 is 1.28 bits per heavy atom. The summed E-state index contributed by atoms with van der Waals surface area (Å²) in [4.78, 5) is 13.3. The number of carbonyl (C=O) groups is 1. The maximum atomic E-state index is 11.2. The third-order valence-corrected chi connectivity index (χ3v) is 1.91. The van der Waals surface area contributed by atoms with Crippen molar-refractivity contribution in [3.05, 3.63) is 0 Å². The van der Waals surface area contributed by atoms with Gasteiger partial charge in [-0.25, -0.2) is 0 Å². The second-order valence-corrected chi connectivity index (χ2v) is 4.31. The van der Waals surface area contributed by atoms with Crippen LogP contribution in [-0.2, 0) is 9.53 Å². The van der Waals surface area contributed by atoms with E-state index in [9.17, 15) is 4.79 Å². The normalized spacial score (nSPS) is 10.2. The van der Waals surface area contributed by atoms with Crippen molar-refractivity contribution in [3.8, 4) is 0 Å². The molecule has 0 saturated heterocycles. The molecule has 0 bridgehead atoms. The van der Waals surface area contributed by atoms with Crippen LogP contribution in [-0.4, -0.2) is 63.8 Å². The Hall–Kier alpha value is -0.650. The Bertz CT molecular complexity index is 194.